The SMILES string of the molecule is CC(C)OC(=O)OCN1C(=O)CCC(C2Cc3cc(F)ccc3C2=O)C1=O. The van der Waals surface area contributed by atoms with E-state index in [0.717, 1.165) is 4.90 Å². The normalized spacial score (nSPS) is 22.2. The Hall–Kier alpha value is -2.77. The summed E-state index contributed by atoms with van der Waals surface area (Å²) < 4.78 is 23.1. The molecule has 1 aliphatic carbocycles. The third kappa shape index (κ3) is 3.84. The molecule has 3 rings (SSSR count). The molecule has 8 heteroatoms. The van der Waals surface area contributed by atoms with Crippen molar-refractivity contribution in [3.05, 3.63) is 35.1 Å². The first-order valence-electron chi connectivity index (χ1n) is 8.78. The molecule has 7 nitrogen and oxygen atoms in total. The monoisotopic (exact) mass is 377 g/mol. The van der Waals surface area contributed by atoms with Gasteiger partial charge in [0.25, 0.3) is 0 Å². The lowest BCUT2D eigenvalue weighted by atomic mass is 9.82. The summed E-state index contributed by atoms with van der Waals surface area (Å²) in [5, 5.41) is 0. The zero-order valence-corrected chi connectivity index (χ0v) is 15.1. The number of likely N-dealkylation sites (tertiary alicyclic amines) is 1. The number of piperidine rings is 1. The summed E-state index contributed by atoms with van der Waals surface area (Å²) in [5.41, 5.74) is 0.979. The van der Waals surface area contributed by atoms with Crippen LogP contribution in [0.15, 0.2) is 18.2 Å². The molecule has 0 aromatic heterocycles. The quantitative estimate of drug-likeness (QED) is 0.591. The maximum atomic E-state index is 13.4. The maximum absolute atomic E-state index is 13.4. The Labute approximate surface area is 155 Å². The van der Waals surface area contributed by atoms with E-state index < -0.39 is 48.5 Å². The fourth-order valence-electron chi connectivity index (χ4n) is 3.54. The number of nitrogens with zero attached hydrogens (tertiary/aromatic N) is 1. The highest BCUT2D eigenvalue weighted by atomic mass is 19.1. The average molecular weight is 377 g/mol. The minimum Gasteiger partial charge on any atom is -0.432 e. The van der Waals surface area contributed by atoms with Gasteiger partial charge in [-0.15, -0.1) is 0 Å². The molecule has 1 heterocycles. The van der Waals surface area contributed by atoms with E-state index >= 15 is 0 Å². The van der Waals surface area contributed by atoms with Gasteiger partial charge >= 0.3 is 6.16 Å². The minimum absolute atomic E-state index is 0.0630. The van der Waals surface area contributed by atoms with E-state index in [-0.39, 0.29) is 25.0 Å². The number of carbonyl (C=O) groups excluding carboxylic acids is 4. The third-order valence-electron chi connectivity index (χ3n) is 4.79. The minimum atomic E-state index is -0.979. The number of carbonyl (C=O) groups is 4. The number of Topliss-reactive ketones (excluding diaryl/α,β-unsaturated/α-hetero) is 1. The molecule has 2 aliphatic rings. The fraction of sp³-hybridized carbons (Fsp3) is 0.474. The molecule has 1 aromatic carbocycles. The smallest absolute Gasteiger partial charge is 0.432 e. The van der Waals surface area contributed by atoms with E-state index in [2.05, 4.69) is 0 Å². The molecular weight excluding hydrogens is 357 g/mol. The van der Waals surface area contributed by atoms with Gasteiger partial charge in [-0.05, 0) is 50.5 Å². The number of rotatable bonds is 4. The van der Waals surface area contributed by atoms with Crippen LogP contribution < -0.4 is 0 Å². The molecule has 144 valence electrons. The first kappa shape index (κ1) is 19.0. The molecule has 0 saturated carbocycles. The molecule has 2 atom stereocenters. The van der Waals surface area contributed by atoms with Crippen LogP contribution in [0.5, 0.6) is 0 Å². The number of halogens is 1. The Bertz CT molecular complexity index is 805. The van der Waals surface area contributed by atoms with Gasteiger partial charge in [-0.1, -0.05) is 0 Å². The number of benzene rings is 1. The van der Waals surface area contributed by atoms with E-state index in [1.54, 1.807) is 13.8 Å². The zero-order chi connectivity index (χ0) is 19.7. The number of ether oxygens (including phenoxy) is 2. The summed E-state index contributed by atoms with van der Waals surface area (Å²) in [6.07, 6.45) is -0.827. The number of hydrogen-bond acceptors (Lipinski definition) is 6. The van der Waals surface area contributed by atoms with Gasteiger partial charge in [0.1, 0.15) is 5.82 Å². The highest BCUT2D eigenvalue weighted by molar-refractivity contribution is 6.07. The number of imide groups is 1. The van der Waals surface area contributed by atoms with E-state index in [1.165, 1.54) is 18.2 Å². The highest BCUT2D eigenvalue weighted by Gasteiger charge is 2.45. The van der Waals surface area contributed by atoms with Gasteiger partial charge in [0, 0.05) is 23.8 Å². The van der Waals surface area contributed by atoms with E-state index in [4.69, 9.17) is 9.47 Å². The van der Waals surface area contributed by atoms with Crippen molar-refractivity contribution < 1.29 is 33.0 Å². The van der Waals surface area contributed by atoms with Gasteiger partial charge in [0.2, 0.25) is 11.8 Å². The molecule has 1 fully saturated rings. The Morgan fingerprint density at radius 2 is 2.00 bits per heavy atom. The van der Waals surface area contributed by atoms with Crippen LogP contribution in [0.1, 0.15) is 42.6 Å². The van der Waals surface area contributed by atoms with Crippen LogP contribution in [0.4, 0.5) is 9.18 Å². The number of ketones is 1. The summed E-state index contributed by atoms with van der Waals surface area (Å²) in [6, 6.07) is 3.94. The molecular formula is C19H20FNO6. The second-order valence-electron chi connectivity index (χ2n) is 6.97. The predicted molar refractivity (Wildman–Crippen MR) is 90.1 cm³/mol. The van der Waals surface area contributed by atoms with Crippen molar-refractivity contribution in [2.75, 3.05) is 6.73 Å². The van der Waals surface area contributed by atoms with Crippen molar-refractivity contribution >= 4 is 23.8 Å². The van der Waals surface area contributed by atoms with Crippen LogP contribution in [0.25, 0.3) is 0 Å². The first-order chi connectivity index (χ1) is 12.8. The van der Waals surface area contributed by atoms with Gasteiger partial charge < -0.3 is 9.47 Å². The third-order valence-corrected chi connectivity index (χ3v) is 4.79. The summed E-state index contributed by atoms with van der Waals surface area (Å²) in [6.45, 7) is 2.73. The average Bonchev–Trinajstić information content (AvgIpc) is 2.90. The van der Waals surface area contributed by atoms with Crippen molar-refractivity contribution in [1.82, 2.24) is 4.90 Å². The van der Waals surface area contributed by atoms with Gasteiger partial charge in [-0.3, -0.25) is 14.4 Å². The van der Waals surface area contributed by atoms with Crippen molar-refractivity contribution in [3.63, 3.8) is 0 Å². The Morgan fingerprint density at radius 3 is 2.70 bits per heavy atom. The van der Waals surface area contributed by atoms with E-state index in [9.17, 15) is 23.6 Å². The van der Waals surface area contributed by atoms with Gasteiger partial charge in [-0.2, -0.15) is 0 Å². The summed E-state index contributed by atoms with van der Waals surface area (Å²) in [7, 11) is 0. The molecule has 1 aromatic rings. The lowest BCUT2D eigenvalue weighted by Crippen LogP contribution is -2.49. The van der Waals surface area contributed by atoms with Gasteiger partial charge in [0.15, 0.2) is 12.5 Å². The van der Waals surface area contributed by atoms with Gasteiger partial charge in [-0.25, -0.2) is 14.1 Å². The van der Waals surface area contributed by atoms with E-state index in [1.807, 2.05) is 0 Å². The first-order valence-corrected chi connectivity index (χ1v) is 8.78. The summed E-state index contributed by atoms with van der Waals surface area (Å²) in [4.78, 5) is 49.8. The van der Waals surface area contributed by atoms with Crippen molar-refractivity contribution in [2.24, 2.45) is 11.8 Å². The topological polar surface area (TPSA) is 90.0 Å². The van der Waals surface area contributed by atoms with Crippen LogP contribution in [-0.4, -0.2) is 41.5 Å². The molecule has 27 heavy (non-hydrogen) atoms. The standard InChI is InChI=1S/C19H20FNO6/c1-10(2)27-19(25)26-9-21-16(22)6-5-14(18(21)24)15-8-11-7-12(20)3-4-13(11)17(15)23/h3-4,7,10,14-15H,5-6,8-9H2,1-2H3. The fourth-order valence-corrected chi connectivity index (χ4v) is 3.54. The number of hydrogen-bond donors (Lipinski definition) is 0. The molecule has 2 unspecified atom stereocenters. The zero-order valence-electron chi connectivity index (χ0n) is 15.1. The molecule has 1 aliphatic heterocycles. The van der Waals surface area contributed by atoms with Crippen molar-refractivity contribution in [3.8, 4) is 0 Å². The molecule has 0 N–H and O–H groups in total. The van der Waals surface area contributed by atoms with Crippen LogP contribution in [0, 0.1) is 17.7 Å². The second-order valence-corrected chi connectivity index (χ2v) is 6.97. The Morgan fingerprint density at radius 1 is 1.26 bits per heavy atom. The summed E-state index contributed by atoms with van der Waals surface area (Å²) >= 11 is 0. The lowest BCUT2D eigenvalue weighted by Gasteiger charge is -2.32. The van der Waals surface area contributed by atoms with Crippen LogP contribution in [-0.2, 0) is 25.5 Å². The van der Waals surface area contributed by atoms with Crippen LogP contribution in [0.2, 0.25) is 0 Å². The highest BCUT2D eigenvalue weighted by Crippen LogP contribution is 2.36. The van der Waals surface area contributed by atoms with Crippen molar-refractivity contribution in [1.29, 1.82) is 0 Å². The second kappa shape index (κ2) is 7.46. The molecule has 0 radical (unpaired) electrons. The number of amides is 2. The predicted octanol–water partition coefficient (Wildman–Crippen LogP) is 2.47. The molecule has 2 amide bonds. The van der Waals surface area contributed by atoms with Crippen LogP contribution >= 0.6 is 0 Å². The van der Waals surface area contributed by atoms with E-state index in [0.29, 0.717) is 11.1 Å². The lowest BCUT2D eigenvalue weighted by molar-refractivity contribution is -0.158. The summed E-state index contributed by atoms with van der Waals surface area (Å²) in [5.74, 6) is -3.05. The largest absolute Gasteiger partial charge is 0.510 e. The Kier molecular flexibility index (Phi) is 5.25. The molecule has 1 saturated heterocycles. The van der Waals surface area contributed by atoms with Crippen molar-refractivity contribution in [2.45, 2.75) is 39.2 Å². The van der Waals surface area contributed by atoms with Crippen LogP contribution in [0.3, 0.4) is 0 Å². The molecule has 0 spiro atoms. The van der Waals surface area contributed by atoms with Gasteiger partial charge in [0.05, 0.1) is 6.10 Å². The Balaban J connectivity index is 1.71. The number of fused-ring (bicyclic) bond motifs is 1. The maximum Gasteiger partial charge on any atom is 0.510 e. The molecule has 0 bridgehead atoms.